The third kappa shape index (κ3) is 3.19. The first-order chi connectivity index (χ1) is 8.85. The van der Waals surface area contributed by atoms with Gasteiger partial charge >= 0.3 is 0 Å². The molecule has 4 heteroatoms. The van der Waals surface area contributed by atoms with Crippen LogP contribution in [0, 0.1) is 5.92 Å². The highest BCUT2D eigenvalue weighted by atomic mass is 32.1. The van der Waals surface area contributed by atoms with Crippen molar-refractivity contribution in [3.05, 3.63) is 17.8 Å². The fourth-order valence-electron chi connectivity index (χ4n) is 2.10. The molecule has 3 nitrogen and oxygen atoms in total. The number of thiophene rings is 1. The lowest BCUT2D eigenvalue weighted by molar-refractivity contribution is 0.472. The molecular weight excluding hydrogens is 242 g/mol. The first-order valence-corrected chi connectivity index (χ1v) is 7.65. The van der Waals surface area contributed by atoms with E-state index in [0.29, 0.717) is 0 Å². The van der Waals surface area contributed by atoms with Crippen molar-refractivity contribution >= 4 is 27.4 Å². The number of unbranched alkanes of at least 4 members (excludes halogenated alkanes) is 1. The maximum absolute atomic E-state index is 4.35. The van der Waals surface area contributed by atoms with Crippen LogP contribution < -0.4 is 5.32 Å². The highest BCUT2D eigenvalue weighted by Gasteiger charge is 2.08. The van der Waals surface area contributed by atoms with Crippen LogP contribution in [0.15, 0.2) is 17.8 Å². The quantitative estimate of drug-likeness (QED) is 0.808. The molecule has 98 valence electrons. The van der Waals surface area contributed by atoms with Crippen LogP contribution in [0.2, 0.25) is 0 Å². The number of nitrogens with one attached hydrogen (secondary N) is 1. The summed E-state index contributed by atoms with van der Waals surface area (Å²) >= 11 is 1.70. The first kappa shape index (κ1) is 13.3. The molecule has 0 aromatic carbocycles. The van der Waals surface area contributed by atoms with Crippen LogP contribution in [0.1, 0.15) is 39.5 Å². The van der Waals surface area contributed by atoms with E-state index in [9.17, 15) is 0 Å². The van der Waals surface area contributed by atoms with E-state index >= 15 is 0 Å². The predicted molar refractivity (Wildman–Crippen MR) is 79.2 cm³/mol. The lowest BCUT2D eigenvalue weighted by atomic mass is 9.99. The van der Waals surface area contributed by atoms with Gasteiger partial charge in [-0.2, -0.15) is 0 Å². The minimum absolute atomic E-state index is 0.745. The zero-order valence-electron chi connectivity index (χ0n) is 11.1. The van der Waals surface area contributed by atoms with Gasteiger partial charge < -0.3 is 5.32 Å². The monoisotopic (exact) mass is 263 g/mol. The molecule has 18 heavy (non-hydrogen) atoms. The van der Waals surface area contributed by atoms with Crippen LogP contribution in [0.25, 0.3) is 10.2 Å². The molecule has 0 aliphatic heterocycles. The molecule has 0 bridgehead atoms. The lowest BCUT2D eigenvalue weighted by Crippen LogP contribution is -2.14. The van der Waals surface area contributed by atoms with Gasteiger partial charge in [-0.3, -0.25) is 0 Å². The summed E-state index contributed by atoms with van der Waals surface area (Å²) in [5, 5.41) is 5.56. The molecular formula is C14H21N3S. The number of hydrogen-bond donors (Lipinski definition) is 1. The van der Waals surface area contributed by atoms with Gasteiger partial charge in [-0.25, -0.2) is 9.97 Å². The average molecular weight is 263 g/mol. The van der Waals surface area contributed by atoms with Gasteiger partial charge in [0.1, 0.15) is 12.1 Å². The maximum atomic E-state index is 4.35. The van der Waals surface area contributed by atoms with Crippen molar-refractivity contribution < 1.29 is 0 Å². The van der Waals surface area contributed by atoms with Crippen molar-refractivity contribution in [1.29, 1.82) is 0 Å². The summed E-state index contributed by atoms with van der Waals surface area (Å²) in [6.45, 7) is 5.53. The summed E-state index contributed by atoms with van der Waals surface area (Å²) < 4.78 is 1.17. The summed E-state index contributed by atoms with van der Waals surface area (Å²) in [5.41, 5.74) is 1.04. The van der Waals surface area contributed by atoms with Gasteiger partial charge in [0.25, 0.3) is 0 Å². The van der Waals surface area contributed by atoms with Crippen LogP contribution in [0.5, 0.6) is 0 Å². The van der Waals surface area contributed by atoms with Crippen LogP contribution in [0.4, 0.5) is 5.82 Å². The minimum atomic E-state index is 0.745. The van der Waals surface area contributed by atoms with Gasteiger partial charge in [-0.05, 0) is 23.8 Å². The molecule has 2 aromatic rings. The second-order valence-corrected chi connectivity index (χ2v) is 5.57. The molecule has 0 saturated carbocycles. The van der Waals surface area contributed by atoms with Gasteiger partial charge in [0.15, 0.2) is 0 Å². The first-order valence-electron chi connectivity index (χ1n) is 6.77. The van der Waals surface area contributed by atoms with Crippen molar-refractivity contribution in [2.45, 2.75) is 39.5 Å². The predicted octanol–water partition coefficient (Wildman–Crippen LogP) is 4.32. The van der Waals surface area contributed by atoms with Gasteiger partial charge in [0.2, 0.25) is 0 Å². The molecule has 2 heterocycles. The van der Waals surface area contributed by atoms with Crippen LogP contribution >= 0.6 is 11.3 Å². The van der Waals surface area contributed by atoms with E-state index in [1.807, 2.05) is 6.07 Å². The van der Waals surface area contributed by atoms with E-state index in [-0.39, 0.29) is 0 Å². The van der Waals surface area contributed by atoms with E-state index in [1.165, 1.54) is 30.4 Å². The van der Waals surface area contributed by atoms with Crippen LogP contribution in [-0.2, 0) is 0 Å². The summed E-state index contributed by atoms with van der Waals surface area (Å²) in [6.07, 6.45) is 6.77. The Hall–Kier alpha value is -1.16. The normalized spacial score (nSPS) is 12.8. The molecule has 1 N–H and O–H groups in total. The SMILES string of the molecule is CCCCC(CC)CNc1ncnc2ccsc12. The molecule has 1 atom stereocenters. The summed E-state index contributed by atoms with van der Waals surface area (Å²) in [4.78, 5) is 8.61. The van der Waals surface area contributed by atoms with Gasteiger partial charge in [0, 0.05) is 6.54 Å². The van der Waals surface area contributed by atoms with E-state index in [0.717, 1.165) is 23.8 Å². The molecule has 0 fully saturated rings. The number of anilines is 1. The third-order valence-corrected chi connectivity index (χ3v) is 4.25. The van der Waals surface area contributed by atoms with Crippen molar-refractivity contribution in [2.24, 2.45) is 5.92 Å². The van der Waals surface area contributed by atoms with E-state index in [1.54, 1.807) is 17.7 Å². The average Bonchev–Trinajstić information content (AvgIpc) is 2.88. The van der Waals surface area contributed by atoms with E-state index in [2.05, 4.69) is 34.5 Å². The second-order valence-electron chi connectivity index (χ2n) is 4.65. The minimum Gasteiger partial charge on any atom is -0.369 e. The van der Waals surface area contributed by atoms with Crippen molar-refractivity contribution in [3.8, 4) is 0 Å². The molecule has 1 unspecified atom stereocenters. The summed E-state index contributed by atoms with van der Waals surface area (Å²) in [6, 6.07) is 2.04. The second kappa shape index (κ2) is 6.69. The molecule has 0 radical (unpaired) electrons. The number of hydrogen-bond acceptors (Lipinski definition) is 4. The number of aromatic nitrogens is 2. The zero-order chi connectivity index (χ0) is 12.8. The Morgan fingerprint density at radius 3 is 3.00 bits per heavy atom. The Bertz CT molecular complexity index is 481. The number of fused-ring (bicyclic) bond motifs is 1. The lowest BCUT2D eigenvalue weighted by Gasteiger charge is -2.15. The maximum Gasteiger partial charge on any atom is 0.147 e. The molecule has 0 spiro atoms. The number of rotatable bonds is 7. The topological polar surface area (TPSA) is 37.8 Å². The largest absolute Gasteiger partial charge is 0.369 e. The van der Waals surface area contributed by atoms with E-state index < -0.39 is 0 Å². The Morgan fingerprint density at radius 1 is 1.33 bits per heavy atom. The Morgan fingerprint density at radius 2 is 2.22 bits per heavy atom. The fraction of sp³-hybridized carbons (Fsp3) is 0.571. The van der Waals surface area contributed by atoms with Gasteiger partial charge in [-0.1, -0.05) is 33.1 Å². The third-order valence-electron chi connectivity index (χ3n) is 3.34. The molecule has 2 rings (SSSR count). The summed E-state index contributed by atoms with van der Waals surface area (Å²) in [7, 11) is 0. The smallest absolute Gasteiger partial charge is 0.147 e. The zero-order valence-corrected chi connectivity index (χ0v) is 12.0. The van der Waals surface area contributed by atoms with Crippen LogP contribution in [-0.4, -0.2) is 16.5 Å². The highest BCUT2D eigenvalue weighted by Crippen LogP contribution is 2.25. The molecule has 0 aliphatic carbocycles. The van der Waals surface area contributed by atoms with E-state index in [4.69, 9.17) is 0 Å². The molecule has 0 amide bonds. The van der Waals surface area contributed by atoms with Crippen molar-refractivity contribution in [2.75, 3.05) is 11.9 Å². The Labute approximate surface area is 113 Å². The van der Waals surface area contributed by atoms with Crippen LogP contribution in [0.3, 0.4) is 0 Å². The summed E-state index contributed by atoms with van der Waals surface area (Å²) in [5.74, 6) is 1.74. The Balaban J connectivity index is 1.98. The van der Waals surface area contributed by atoms with Crippen molar-refractivity contribution in [3.63, 3.8) is 0 Å². The molecule has 0 aliphatic rings. The molecule has 2 aromatic heterocycles. The number of nitrogens with zero attached hydrogens (tertiary/aromatic N) is 2. The standard InChI is InChI=1S/C14H21N3S/c1-3-5-6-11(4-2)9-15-14-13-12(7-8-18-13)16-10-17-14/h7-8,10-11H,3-6,9H2,1-2H3,(H,15,16,17). The van der Waals surface area contributed by atoms with Crippen molar-refractivity contribution in [1.82, 2.24) is 9.97 Å². The Kier molecular flexibility index (Phi) is 4.93. The van der Waals surface area contributed by atoms with Gasteiger partial charge in [-0.15, -0.1) is 11.3 Å². The molecule has 0 saturated heterocycles. The fourth-order valence-corrected chi connectivity index (χ4v) is 2.91. The highest BCUT2D eigenvalue weighted by molar-refractivity contribution is 7.17. The van der Waals surface area contributed by atoms with Gasteiger partial charge in [0.05, 0.1) is 10.2 Å².